The highest BCUT2D eigenvalue weighted by atomic mass is 32.2. The zero-order valence-electron chi connectivity index (χ0n) is 9.08. The zero-order chi connectivity index (χ0) is 13.8. The maximum absolute atomic E-state index is 12.1. The maximum Gasteiger partial charge on any atom is 0.534 e. The van der Waals surface area contributed by atoms with E-state index in [-0.39, 0.29) is 18.4 Å². The first-order chi connectivity index (χ1) is 8.28. The third kappa shape index (κ3) is 3.59. The fourth-order valence-electron chi connectivity index (χ4n) is 1.21. The Balaban J connectivity index is 2.98. The zero-order valence-corrected chi connectivity index (χ0v) is 9.89. The van der Waals surface area contributed by atoms with Gasteiger partial charge in [0.1, 0.15) is 5.75 Å². The summed E-state index contributed by atoms with van der Waals surface area (Å²) in [5, 5.41) is 0. The third-order valence-electron chi connectivity index (χ3n) is 2.04. The Hall–Kier alpha value is -1.31. The van der Waals surface area contributed by atoms with Crippen molar-refractivity contribution in [1.29, 1.82) is 0 Å². The molecule has 102 valence electrons. The molecule has 0 spiro atoms. The van der Waals surface area contributed by atoms with E-state index >= 15 is 0 Å². The second-order valence-electron chi connectivity index (χ2n) is 3.38. The van der Waals surface area contributed by atoms with Gasteiger partial charge in [-0.15, -0.1) is 0 Å². The van der Waals surface area contributed by atoms with Crippen molar-refractivity contribution < 1.29 is 30.2 Å². The van der Waals surface area contributed by atoms with Crippen molar-refractivity contribution in [2.45, 2.75) is 18.3 Å². The maximum atomic E-state index is 12.1. The van der Waals surface area contributed by atoms with Crippen LogP contribution in [-0.4, -0.2) is 20.6 Å². The summed E-state index contributed by atoms with van der Waals surface area (Å²) in [7, 11) is -5.69. The summed E-state index contributed by atoms with van der Waals surface area (Å²) in [6, 6.07) is 5.31. The molecule has 0 aliphatic carbocycles. The minimum Gasteiger partial charge on any atom is -0.376 e. The molecule has 1 aromatic rings. The summed E-state index contributed by atoms with van der Waals surface area (Å²) >= 11 is 0. The van der Waals surface area contributed by atoms with Gasteiger partial charge in [0.2, 0.25) is 0 Å². The highest BCUT2D eigenvalue weighted by molar-refractivity contribution is 7.88. The van der Waals surface area contributed by atoms with E-state index in [0.717, 1.165) is 6.07 Å². The highest BCUT2D eigenvalue weighted by Gasteiger charge is 2.48. The molecule has 1 rings (SSSR count). The standard InChI is InChI=1S/C10H10F4O3S/c11-7-3-5-8-4-1-2-6-9(8)17-18(15,16)10(12,13)14/h1-2,4,6H,3,5,7H2. The van der Waals surface area contributed by atoms with Crippen LogP contribution in [-0.2, 0) is 16.5 Å². The monoisotopic (exact) mass is 286 g/mol. The Morgan fingerprint density at radius 3 is 2.33 bits per heavy atom. The van der Waals surface area contributed by atoms with Crippen LogP contribution in [0.1, 0.15) is 12.0 Å². The van der Waals surface area contributed by atoms with Crippen molar-refractivity contribution in [2.24, 2.45) is 0 Å². The molecule has 0 heterocycles. The minimum absolute atomic E-state index is 0.0758. The van der Waals surface area contributed by atoms with E-state index < -0.39 is 28.1 Å². The normalized spacial score (nSPS) is 12.4. The summed E-state index contributed by atoms with van der Waals surface area (Å²) in [6.07, 6.45) is 0.173. The van der Waals surface area contributed by atoms with Crippen LogP contribution in [0.25, 0.3) is 0 Å². The predicted octanol–water partition coefficient (Wildman–Crippen LogP) is 2.82. The Kier molecular flexibility index (Phi) is 4.55. The van der Waals surface area contributed by atoms with Gasteiger partial charge in [-0.05, 0) is 24.5 Å². The fraction of sp³-hybridized carbons (Fsp3) is 0.400. The molecule has 0 fully saturated rings. The lowest BCUT2D eigenvalue weighted by atomic mass is 10.1. The quantitative estimate of drug-likeness (QED) is 0.475. The van der Waals surface area contributed by atoms with E-state index in [9.17, 15) is 26.0 Å². The van der Waals surface area contributed by atoms with Gasteiger partial charge in [0.25, 0.3) is 0 Å². The highest BCUT2D eigenvalue weighted by Crippen LogP contribution is 2.29. The number of aryl methyl sites for hydroxylation is 1. The van der Waals surface area contributed by atoms with Crippen molar-refractivity contribution in [3.8, 4) is 5.75 Å². The lowest BCUT2D eigenvalue weighted by Crippen LogP contribution is -2.28. The lowest BCUT2D eigenvalue weighted by Gasteiger charge is -2.12. The second kappa shape index (κ2) is 5.55. The molecule has 0 N–H and O–H groups in total. The number of benzene rings is 1. The molecule has 18 heavy (non-hydrogen) atoms. The van der Waals surface area contributed by atoms with Gasteiger partial charge in [-0.25, -0.2) is 0 Å². The smallest absolute Gasteiger partial charge is 0.376 e. The van der Waals surface area contributed by atoms with Crippen molar-refractivity contribution in [3.63, 3.8) is 0 Å². The van der Waals surface area contributed by atoms with Crippen LogP contribution >= 0.6 is 0 Å². The molecule has 8 heteroatoms. The average Bonchev–Trinajstić information content (AvgIpc) is 2.26. The van der Waals surface area contributed by atoms with Gasteiger partial charge in [0.15, 0.2) is 0 Å². The van der Waals surface area contributed by atoms with Gasteiger partial charge in [-0.2, -0.15) is 21.6 Å². The van der Waals surface area contributed by atoms with Crippen molar-refractivity contribution in [2.75, 3.05) is 6.67 Å². The van der Waals surface area contributed by atoms with Gasteiger partial charge in [0, 0.05) is 0 Å². The van der Waals surface area contributed by atoms with E-state index in [1.54, 1.807) is 0 Å². The molecule has 0 radical (unpaired) electrons. The van der Waals surface area contributed by atoms with E-state index in [2.05, 4.69) is 4.18 Å². The van der Waals surface area contributed by atoms with Gasteiger partial charge >= 0.3 is 15.6 Å². The van der Waals surface area contributed by atoms with Gasteiger partial charge in [0.05, 0.1) is 6.67 Å². The molecule has 0 bridgehead atoms. The number of alkyl halides is 4. The van der Waals surface area contributed by atoms with Crippen molar-refractivity contribution in [1.82, 2.24) is 0 Å². The number of para-hydroxylation sites is 1. The average molecular weight is 286 g/mol. The summed E-state index contributed by atoms with van der Waals surface area (Å²) in [6.45, 7) is -0.652. The summed E-state index contributed by atoms with van der Waals surface area (Å²) in [4.78, 5) is 0. The van der Waals surface area contributed by atoms with Crippen LogP contribution in [0, 0.1) is 0 Å². The third-order valence-corrected chi connectivity index (χ3v) is 3.00. The summed E-state index contributed by atoms with van der Waals surface area (Å²) in [5.41, 5.74) is -5.27. The lowest BCUT2D eigenvalue weighted by molar-refractivity contribution is -0.0500. The van der Waals surface area contributed by atoms with Gasteiger partial charge < -0.3 is 4.18 Å². The van der Waals surface area contributed by atoms with Gasteiger partial charge in [-0.1, -0.05) is 18.2 Å². The molecule has 0 atom stereocenters. The first-order valence-corrected chi connectivity index (χ1v) is 6.33. The van der Waals surface area contributed by atoms with Crippen molar-refractivity contribution in [3.05, 3.63) is 29.8 Å². The van der Waals surface area contributed by atoms with E-state index in [4.69, 9.17) is 0 Å². The Labute approximate surface area is 102 Å². The van der Waals surface area contributed by atoms with Crippen LogP contribution in [0.2, 0.25) is 0 Å². The molecule has 0 aliphatic heterocycles. The van der Waals surface area contributed by atoms with E-state index in [1.807, 2.05) is 0 Å². The Morgan fingerprint density at radius 2 is 1.78 bits per heavy atom. The first-order valence-electron chi connectivity index (χ1n) is 4.92. The van der Waals surface area contributed by atoms with Crippen LogP contribution in [0.5, 0.6) is 5.75 Å². The SMILES string of the molecule is O=S(=O)(Oc1ccccc1CCCF)C(F)(F)F. The van der Waals surface area contributed by atoms with Crippen LogP contribution in [0.15, 0.2) is 24.3 Å². The summed E-state index contributed by atoms with van der Waals surface area (Å²) in [5.74, 6) is -0.428. The molecule has 0 amide bonds. The summed E-state index contributed by atoms with van der Waals surface area (Å²) < 4.78 is 74.1. The molecule has 0 unspecified atom stereocenters. The predicted molar refractivity (Wildman–Crippen MR) is 56.3 cm³/mol. The van der Waals surface area contributed by atoms with Crippen LogP contribution in [0.3, 0.4) is 0 Å². The number of hydrogen-bond donors (Lipinski definition) is 0. The topological polar surface area (TPSA) is 43.4 Å². The van der Waals surface area contributed by atoms with Gasteiger partial charge in [-0.3, -0.25) is 4.39 Å². The fourth-order valence-corrected chi connectivity index (χ4v) is 1.71. The molecule has 0 saturated heterocycles. The van der Waals surface area contributed by atoms with E-state index in [0.29, 0.717) is 0 Å². The largest absolute Gasteiger partial charge is 0.534 e. The number of halogens is 4. The molecule has 1 aromatic carbocycles. The molecule has 0 aliphatic rings. The number of rotatable bonds is 5. The second-order valence-corrected chi connectivity index (χ2v) is 4.92. The molecule has 3 nitrogen and oxygen atoms in total. The van der Waals surface area contributed by atoms with E-state index in [1.165, 1.54) is 18.2 Å². The van der Waals surface area contributed by atoms with Crippen molar-refractivity contribution >= 4 is 10.1 Å². The Morgan fingerprint density at radius 1 is 1.17 bits per heavy atom. The van der Waals surface area contributed by atoms with Crippen LogP contribution in [0.4, 0.5) is 17.6 Å². The number of hydrogen-bond acceptors (Lipinski definition) is 3. The molecule has 0 saturated carbocycles. The molecule has 0 aromatic heterocycles. The Bertz CT molecular complexity index is 496. The molecular weight excluding hydrogens is 276 g/mol. The minimum atomic E-state index is -5.69. The molecular formula is C10H10F4O3S. The van der Waals surface area contributed by atoms with Crippen LogP contribution < -0.4 is 4.18 Å². The first kappa shape index (κ1) is 14.7.